The number of anilines is 1. The van der Waals surface area contributed by atoms with Gasteiger partial charge in [-0.25, -0.2) is 9.97 Å². The van der Waals surface area contributed by atoms with E-state index in [1.54, 1.807) is 6.08 Å². The Balaban J connectivity index is 2.65. The van der Waals surface area contributed by atoms with Gasteiger partial charge in [-0.3, -0.25) is 0 Å². The molecule has 0 bridgehead atoms. The Bertz CT molecular complexity index is 303. The highest BCUT2D eigenvalue weighted by Crippen LogP contribution is 2.25. The highest BCUT2D eigenvalue weighted by molar-refractivity contribution is 9.10. The predicted molar refractivity (Wildman–Crippen MR) is 54.5 cm³/mol. The van der Waals surface area contributed by atoms with Crippen molar-refractivity contribution in [3.05, 3.63) is 23.5 Å². The fourth-order valence-corrected chi connectivity index (χ4v) is 1.03. The summed E-state index contributed by atoms with van der Waals surface area (Å²) in [6.07, 6.45) is 3.91. The zero-order valence-corrected chi connectivity index (χ0v) is 8.62. The molecular formula is C8H10BrN3O. The molecule has 0 atom stereocenters. The standard InChI is InChI=1S/C8H10BrN3O/c1-2-3-4-13-8-6(9)7(10)11-5-12-8/h2,5H,1,3-4H2,(H2,10,11,12). The molecule has 0 aliphatic carbocycles. The lowest BCUT2D eigenvalue weighted by atomic mass is 10.4. The second-order valence-corrected chi connectivity index (χ2v) is 3.10. The third kappa shape index (κ3) is 2.69. The molecule has 1 rings (SSSR count). The highest BCUT2D eigenvalue weighted by Gasteiger charge is 2.05. The zero-order valence-electron chi connectivity index (χ0n) is 7.03. The third-order valence-corrected chi connectivity index (χ3v) is 2.09. The van der Waals surface area contributed by atoms with Gasteiger partial charge in [-0.1, -0.05) is 6.08 Å². The first-order chi connectivity index (χ1) is 6.25. The van der Waals surface area contributed by atoms with E-state index < -0.39 is 0 Å². The lowest BCUT2D eigenvalue weighted by molar-refractivity contribution is 0.310. The van der Waals surface area contributed by atoms with Crippen LogP contribution < -0.4 is 10.5 Å². The van der Waals surface area contributed by atoms with Gasteiger partial charge in [-0.2, -0.15) is 0 Å². The molecule has 0 saturated carbocycles. The summed E-state index contributed by atoms with van der Waals surface area (Å²) in [5, 5.41) is 0. The van der Waals surface area contributed by atoms with Crippen LogP contribution in [-0.2, 0) is 0 Å². The number of aromatic nitrogens is 2. The van der Waals surface area contributed by atoms with E-state index in [4.69, 9.17) is 10.5 Å². The molecule has 0 aliphatic rings. The van der Waals surface area contributed by atoms with Gasteiger partial charge in [0.05, 0.1) is 6.61 Å². The number of nitrogen functional groups attached to an aromatic ring is 1. The van der Waals surface area contributed by atoms with Gasteiger partial charge in [0.2, 0.25) is 5.88 Å². The molecule has 0 spiro atoms. The van der Waals surface area contributed by atoms with E-state index in [0.29, 0.717) is 22.8 Å². The maximum atomic E-state index is 5.53. The minimum absolute atomic E-state index is 0.378. The van der Waals surface area contributed by atoms with Gasteiger partial charge in [0.25, 0.3) is 0 Å². The lowest BCUT2D eigenvalue weighted by Crippen LogP contribution is -2.01. The van der Waals surface area contributed by atoms with Gasteiger partial charge in [0, 0.05) is 0 Å². The van der Waals surface area contributed by atoms with E-state index in [1.165, 1.54) is 6.33 Å². The summed E-state index contributed by atoms with van der Waals surface area (Å²) < 4.78 is 5.91. The molecule has 0 aliphatic heterocycles. The molecule has 5 heteroatoms. The van der Waals surface area contributed by atoms with Crippen LogP contribution in [0.3, 0.4) is 0 Å². The van der Waals surface area contributed by atoms with Crippen molar-refractivity contribution in [2.24, 2.45) is 0 Å². The molecule has 1 aromatic heterocycles. The molecule has 0 amide bonds. The molecule has 13 heavy (non-hydrogen) atoms. The molecule has 0 radical (unpaired) electrons. The number of ether oxygens (including phenoxy) is 1. The van der Waals surface area contributed by atoms with Crippen LogP contribution in [0.25, 0.3) is 0 Å². The SMILES string of the molecule is C=CCCOc1ncnc(N)c1Br. The van der Waals surface area contributed by atoms with Gasteiger partial charge in [-0.15, -0.1) is 6.58 Å². The fourth-order valence-electron chi connectivity index (χ4n) is 0.706. The average Bonchev–Trinajstić information content (AvgIpc) is 2.13. The van der Waals surface area contributed by atoms with Gasteiger partial charge < -0.3 is 10.5 Å². The van der Waals surface area contributed by atoms with E-state index in [1.807, 2.05) is 0 Å². The molecule has 0 aromatic carbocycles. The molecule has 70 valence electrons. The number of halogens is 1. The molecule has 2 N–H and O–H groups in total. The average molecular weight is 244 g/mol. The van der Waals surface area contributed by atoms with Crippen LogP contribution in [0, 0.1) is 0 Å². The van der Waals surface area contributed by atoms with Crippen molar-refractivity contribution >= 4 is 21.7 Å². The number of nitrogens with zero attached hydrogens (tertiary/aromatic N) is 2. The molecular weight excluding hydrogens is 234 g/mol. The van der Waals surface area contributed by atoms with E-state index in [2.05, 4.69) is 32.5 Å². The van der Waals surface area contributed by atoms with Crippen LogP contribution in [0.1, 0.15) is 6.42 Å². The molecule has 1 heterocycles. The van der Waals surface area contributed by atoms with Crippen LogP contribution in [-0.4, -0.2) is 16.6 Å². The Labute approximate surface area is 85.0 Å². The molecule has 0 saturated heterocycles. The van der Waals surface area contributed by atoms with Crippen LogP contribution in [0.15, 0.2) is 23.5 Å². The Hall–Kier alpha value is -1.10. The van der Waals surface area contributed by atoms with Crippen molar-refractivity contribution < 1.29 is 4.74 Å². The Morgan fingerprint density at radius 1 is 1.62 bits per heavy atom. The minimum Gasteiger partial charge on any atom is -0.476 e. The van der Waals surface area contributed by atoms with Crippen LogP contribution >= 0.6 is 15.9 Å². The first-order valence-corrected chi connectivity index (χ1v) is 4.54. The fraction of sp³-hybridized carbons (Fsp3) is 0.250. The third-order valence-electron chi connectivity index (χ3n) is 1.35. The Kier molecular flexibility index (Phi) is 3.70. The van der Waals surface area contributed by atoms with Gasteiger partial charge >= 0.3 is 0 Å². The van der Waals surface area contributed by atoms with Crippen molar-refractivity contribution in [2.75, 3.05) is 12.3 Å². The summed E-state index contributed by atoms with van der Waals surface area (Å²) in [5.74, 6) is 0.845. The second kappa shape index (κ2) is 4.81. The van der Waals surface area contributed by atoms with Gasteiger partial charge in [0.1, 0.15) is 16.6 Å². The van der Waals surface area contributed by atoms with Crippen LogP contribution in [0.5, 0.6) is 5.88 Å². The second-order valence-electron chi connectivity index (χ2n) is 2.30. The van der Waals surface area contributed by atoms with Crippen molar-refractivity contribution in [3.63, 3.8) is 0 Å². The zero-order chi connectivity index (χ0) is 9.68. The first-order valence-electron chi connectivity index (χ1n) is 3.75. The van der Waals surface area contributed by atoms with E-state index in [0.717, 1.165) is 6.42 Å². The van der Waals surface area contributed by atoms with Crippen molar-refractivity contribution in [1.82, 2.24) is 9.97 Å². The summed E-state index contributed by atoms with van der Waals surface area (Å²) in [5.41, 5.74) is 5.53. The number of nitrogens with two attached hydrogens (primary N) is 1. The van der Waals surface area contributed by atoms with E-state index in [-0.39, 0.29) is 0 Å². The summed E-state index contributed by atoms with van der Waals surface area (Å²) >= 11 is 3.23. The molecule has 0 unspecified atom stereocenters. The van der Waals surface area contributed by atoms with Crippen molar-refractivity contribution in [3.8, 4) is 5.88 Å². The Morgan fingerprint density at radius 2 is 2.38 bits per heavy atom. The monoisotopic (exact) mass is 243 g/mol. The lowest BCUT2D eigenvalue weighted by Gasteiger charge is -2.05. The summed E-state index contributed by atoms with van der Waals surface area (Å²) in [4.78, 5) is 7.70. The van der Waals surface area contributed by atoms with Crippen LogP contribution in [0.4, 0.5) is 5.82 Å². The predicted octanol–water partition coefficient (Wildman–Crippen LogP) is 1.78. The number of rotatable bonds is 4. The van der Waals surface area contributed by atoms with Gasteiger partial charge in [-0.05, 0) is 22.4 Å². The first kappa shape index (κ1) is 9.98. The number of hydrogen-bond donors (Lipinski definition) is 1. The normalized spacial score (nSPS) is 9.62. The van der Waals surface area contributed by atoms with Crippen LogP contribution in [0.2, 0.25) is 0 Å². The number of hydrogen-bond acceptors (Lipinski definition) is 4. The minimum atomic E-state index is 0.378. The molecule has 1 aromatic rings. The van der Waals surface area contributed by atoms with Crippen molar-refractivity contribution in [1.29, 1.82) is 0 Å². The van der Waals surface area contributed by atoms with E-state index in [9.17, 15) is 0 Å². The maximum Gasteiger partial charge on any atom is 0.233 e. The van der Waals surface area contributed by atoms with Crippen molar-refractivity contribution in [2.45, 2.75) is 6.42 Å². The largest absolute Gasteiger partial charge is 0.476 e. The molecule has 4 nitrogen and oxygen atoms in total. The molecule has 0 fully saturated rings. The highest BCUT2D eigenvalue weighted by atomic mass is 79.9. The smallest absolute Gasteiger partial charge is 0.233 e. The maximum absolute atomic E-state index is 5.53. The quantitative estimate of drug-likeness (QED) is 0.647. The van der Waals surface area contributed by atoms with E-state index >= 15 is 0 Å². The topological polar surface area (TPSA) is 61.0 Å². The summed E-state index contributed by atoms with van der Waals surface area (Å²) in [6, 6.07) is 0. The summed E-state index contributed by atoms with van der Waals surface area (Å²) in [7, 11) is 0. The van der Waals surface area contributed by atoms with Gasteiger partial charge in [0.15, 0.2) is 0 Å². The Morgan fingerprint density at radius 3 is 3.08 bits per heavy atom. The summed E-state index contributed by atoms with van der Waals surface area (Å²) in [6.45, 7) is 4.12.